The summed E-state index contributed by atoms with van der Waals surface area (Å²) < 4.78 is 30.3. The first-order valence-corrected chi connectivity index (χ1v) is 9.82. The van der Waals surface area contributed by atoms with E-state index in [4.69, 9.17) is 4.74 Å². The maximum Gasteiger partial charge on any atom is 0.208 e. The summed E-state index contributed by atoms with van der Waals surface area (Å²) in [7, 11) is -1.43. The first-order valence-electron chi connectivity index (χ1n) is 7.93. The highest BCUT2D eigenvalue weighted by Gasteiger charge is 2.07. The summed E-state index contributed by atoms with van der Waals surface area (Å²) in [6.07, 6.45) is 1.80. The van der Waals surface area contributed by atoms with Crippen molar-refractivity contribution in [2.24, 2.45) is 4.99 Å². The zero-order chi connectivity index (χ0) is 18.0. The van der Waals surface area contributed by atoms with Crippen LogP contribution in [0.4, 0.5) is 0 Å². The summed E-state index contributed by atoms with van der Waals surface area (Å²) in [5, 5.41) is 6.33. The summed E-state index contributed by atoms with van der Waals surface area (Å²) in [5.41, 5.74) is 1.10. The Kier molecular flexibility index (Phi) is 11.8. The van der Waals surface area contributed by atoms with Gasteiger partial charge in [-0.05, 0) is 31.9 Å². The van der Waals surface area contributed by atoms with Crippen molar-refractivity contribution < 1.29 is 13.2 Å². The number of hydrogen-bond acceptors (Lipinski definition) is 4. The number of aryl methyl sites for hydroxylation is 1. The van der Waals surface area contributed by atoms with Gasteiger partial charge in [0.15, 0.2) is 5.96 Å². The molecule has 1 aromatic carbocycles. The van der Waals surface area contributed by atoms with Crippen LogP contribution in [-0.2, 0) is 10.0 Å². The number of benzene rings is 1. The van der Waals surface area contributed by atoms with Crippen molar-refractivity contribution in [2.45, 2.75) is 26.4 Å². The molecule has 0 aromatic heterocycles. The molecule has 144 valence electrons. The Hall–Kier alpha value is -1.07. The molecule has 3 N–H and O–H groups in total. The minimum atomic E-state index is -3.13. The fourth-order valence-corrected chi connectivity index (χ4v) is 2.48. The van der Waals surface area contributed by atoms with Crippen LogP contribution in [0.15, 0.2) is 29.3 Å². The lowest BCUT2D eigenvalue weighted by Crippen LogP contribution is -2.42. The first-order chi connectivity index (χ1) is 11.3. The Labute approximate surface area is 168 Å². The largest absolute Gasteiger partial charge is 0.489 e. The average molecular weight is 484 g/mol. The van der Waals surface area contributed by atoms with Crippen LogP contribution < -0.4 is 20.1 Å². The number of sulfonamides is 1. The quantitative estimate of drug-likeness (QED) is 0.214. The second-order valence-electron chi connectivity index (χ2n) is 5.59. The molecule has 0 aliphatic carbocycles. The van der Waals surface area contributed by atoms with Crippen molar-refractivity contribution in [1.29, 1.82) is 0 Å². The van der Waals surface area contributed by atoms with E-state index < -0.39 is 10.0 Å². The van der Waals surface area contributed by atoms with Crippen molar-refractivity contribution in [3.8, 4) is 5.75 Å². The Morgan fingerprint density at radius 3 is 2.52 bits per heavy atom. The zero-order valence-corrected chi connectivity index (χ0v) is 18.4. The number of halogens is 1. The summed E-state index contributed by atoms with van der Waals surface area (Å²) in [6, 6.07) is 7.90. The molecule has 1 unspecified atom stereocenters. The number of para-hydroxylation sites is 1. The van der Waals surface area contributed by atoms with Gasteiger partial charge in [0.25, 0.3) is 0 Å². The molecule has 0 amide bonds. The molecule has 0 aliphatic rings. The smallest absolute Gasteiger partial charge is 0.208 e. The molecule has 0 bridgehead atoms. The van der Waals surface area contributed by atoms with Crippen LogP contribution in [0, 0.1) is 6.92 Å². The van der Waals surface area contributed by atoms with E-state index in [1.807, 2.05) is 38.1 Å². The first kappa shape index (κ1) is 23.9. The van der Waals surface area contributed by atoms with Gasteiger partial charge in [0.1, 0.15) is 11.9 Å². The molecule has 0 spiro atoms. The number of ether oxygens (including phenoxy) is 1. The highest BCUT2D eigenvalue weighted by Crippen LogP contribution is 2.17. The van der Waals surface area contributed by atoms with Crippen LogP contribution in [0.1, 0.15) is 18.9 Å². The summed E-state index contributed by atoms with van der Waals surface area (Å²) in [6.45, 7) is 5.63. The molecule has 0 saturated heterocycles. The van der Waals surface area contributed by atoms with Crippen molar-refractivity contribution >= 4 is 40.0 Å². The number of hydrogen-bond donors (Lipinski definition) is 3. The summed E-state index contributed by atoms with van der Waals surface area (Å²) in [4.78, 5) is 4.13. The lowest BCUT2D eigenvalue weighted by molar-refractivity contribution is 0.222. The third kappa shape index (κ3) is 11.2. The van der Waals surface area contributed by atoms with Crippen molar-refractivity contribution in [2.75, 3.05) is 32.9 Å². The molecule has 0 aliphatic heterocycles. The van der Waals surface area contributed by atoms with Gasteiger partial charge in [0.2, 0.25) is 10.0 Å². The Morgan fingerprint density at radius 1 is 1.24 bits per heavy atom. The molecule has 1 rings (SSSR count). The average Bonchev–Trinajstić information content (AvgIpc) is 2.51. The molecule has 0 fully saturated rings. The number of nitrogens with zero attached hydrogens (tertiary/aromatic N) is 1. The monoisotopic (exact) mass is 484 g/mol. The van der Waals surface area contributed by atoms with E-state index >= 15 is 0 Å². The number of rotatable bonds is 9. The molecule has 7 nitrogen and oxygen atoms in total. The second kappa shape index (κ2) is 12.3. The lowest BCUT2D eigenvalue weighted by atomic mass is 10.2. The number of guanidine groups is 1. The van der Waals surface area contributed by atoms with E-state index in [1.54, 1.807) is 7.05 Å². The van der Waals surface area contributed by atoms with E-state index in [1.165, 1.54) is 0 Å². The van der Waals surface area contributed by atoms with Crippen molar-refractivity contribution in [1.82, 2.24) is 15.4 Å². The molecule has 9 heteroatoms. The molecule has 0 saturated carbocycles. The van der Waals surface area contributed by atoms with Gasteiger partial charge in [0, 0.05) is 20.1 Å². The van der Waals surface area contributed by atoms with Crippen LogP contribution in [0.25, 0.3) is 0 Å². The Bertz CT molecular complexity index is 638. The van der Waals surface area contributed by atoms with Gasteiger partial charge in [-0.3, -0.25) is 4.99 Å². The minimum absolute atomic E-state index is 0. The number of aliphatic imine (C=N–C) groups is 1. The third-order valence-electron chi connectivity index (χ3n) is 3.21. The van der Waals surface area contributed by atoms with Gasteiger partial charge in [-0.25, -0.2) is 13.1 Å². The predicted octanol–water partition coefficient (Wildman–Crippen LogP) is 1.48. The van der Waals surface area contributed by atoms with Gasteiger partial charge >= 0.3 is 0 Å². The maximum atomic E-state index is 11.0. The van der Waals surface area contributed by atoms with E-state index in [9.17, 15) is 8.42 Å². The molecular weight excluding hydrogens is 455 g/mol. The van der Waals surface area contributed by atoms with Gasteiger partial charge in [-0.1, -0.05) is 18.2 Å². The molecule has 0 heterocycles. The zero-order valence-electron chi connectivity index (χ0n) is 15.2. The molecule has 25 heavy (non-hydrogen) atoms. The predicted molar refractivity (Wildman–Crippen MR) is 114 cm³/mol. The highest BCUT2D eigenvalue weighted by atomic mass is 127. The fraction of sp³-hybridized carbons (Fsp3) is 0.562. The standard InChI is InChI=1S/C16H28N4O3S.HI/c1-13-8-5-6-9-15(13)23-14(2)12-19-16(17-3)18-10-7-11-20-24(4,21)22;/h5-6,8-9,14,20H,7,10-12H2,1-4H3,(H2,17,18,19);1H. The third-order valence-corrected chi connectivity index (χ3v) is 3.94. The molecule has 1 aromatic rings. The lowest BCUT2D eigenvalue weighted by Gasteiger charge is -2.18. The second-order valence-corrected chi connectivity index (χ2v) is 7.43. The Balaban J connectivity index is 0.00000576. The van der Waals surface area contributed by atoms with Gasteiger partial charge < -0.3 is 15.4 Å². The minimum Gasteiger partial charge on any atom is -0.489 e. The fourth-order valence-electron chi connectivity index (χ4n) is 1.96. The van der Waals surface area contributed by atoms with Gasteiger partial charge in [0.05, 0.1) is 12.8 Å². The molecule has 1 atom stereocenters. The van der Waals surface area contributed by atoms with Crippen LogP contribution in [0.3, 0.4) is 0 Å². The summed E-state index contributed by atoms with van der Waals surface area (Å²) >= 11 is 0. The topological polar surface area (TPSA) is 91.8 Å². The van der Waals surface area contributed by atoms with E-state index in [2.05, 4.69) is 20.3 Å². The molecular formula is C16H29IN4O3S. The molecule has 0 radical (unpaired) electrons. The normalized spacial score (nSPS) is 12.9. The maximum absolute atomic E-state index is 11.0. The van der Waals surface area contributed by atoms with Crippen LogP contribution in [-0.4, -0.2) is 53.4 Å². The van der Waals surface area contributed by atoms with E-state index in [-0.39, 0.29) is 30.1 Å². The van der Waals surface area contributed by atoms with Crippen LogP contribution >= 0.6 is 24.0 Å². The highest BCUT2D eigenvalue weighted by molar-refractivity contribution is 14.0. The van der Waals surface area contributed by atoms with E-state index in [0.717, 1.165) is 17.6 Å². The Morgan fingerprint density at radius 2 is 1.92 bits per heavy atom. The van der Waals surface area contributed by atoms with Crippen molar-refractivity contribution in [3.05, 3.63) is 29.8 Å². The van der Waals surface area contributed by atoms with Crippen LogP contribution in [0.2, 0.25) is 0 Å². The SMILES string of the molecule is CN=C(NCCCNS(C)(=O)=O)NCC(C)Oc1ccccc1C.I. The van der Waals surface area contributed by atoms with Crippen LogP contribution in [0.5, 0.6) is 5.75 Å². The van der Waals surface area contributed by atoms with E-state index in [0.29, 0.717) is 32.0 Å². The summed E-state index contributed by atoms with van der Waals surface area (Å²) in [5.74, 6) is 1.54. The van der Waals surface area contributed by atoms with Gasteiger partial charge in [-0.2, -0.15) is 0 Å². The van der Waals surface area contributed by atoms with Crippen molar-refractivity contribution in [3.63, 3.8) is 0 Å². The van der Waals surface area contributed by atoms with Gasteiger partial charge in [-0.15, -0.1) is 24.0 Å². The number of nitrogens with one attached hydrogen (secondary N) is 3.